The van der Waals surface area contributed by atoms with Gasteiger partial charge < -0.3 is 10.2 Å². The number of halogens is 1. The molecule has 0 aromatic heterocycles. The van der Waals surface area contributed by atoms with Crippen LogP contribution < -0.4 is 10.2 Å². The van der Waals surface area contributed by atoms with Crippen LogP contribution >= 0.6 is 11.6 Å². The highest BCUT2D eigenvalue weighted by Gasteiger charge is 2.24. The summed E-state index contributed by atoms with van der Waals surface area (Å²) in [6, 6.07) is 21.8. The van der Waals surface area contributed by atoms with E-state index in [-0.39, 0.29) is 11.8 Å². The number of carbonyl (C=O) groups excluding carboxylic acids is 2. The van der Waals surface area contributed by atoms with Gasteiger partial charge in [0.25, 0.3) is 11.8 Å². The number of fused-ring (bicyclic) bond motifs is 1. The van der Waals surface area contributed by atoms with Crippen molar-refractivity contribution >= 4 is 34.8 Å². The summed E-state index contributed by atoms with van der Waals surface area (Å²) in [5.74, 6) is -0.239. The molecule has 3 aromatic carbocycles. The number of para-hydroxylation sites is 1. The zero-order valence-corrected chi connectivity index (χ0v) is 15.9. The van der Waals surface area contributed by atoms with Crippen molar-refractivity contribution in [3.05, 3.63) is 94.5 Å². The molecule has 0 spiro atoms. The van der Waals surface area contributed by atoms with Crippen molar-refractivity contribution in [1.29, 1.82) is 0 Å². The largest absolute Gasteiger partial charge is 0.322 e. The first-order valence-electron chi connectivity index (χ1n) is 9.18. The summed E-state index contributed by atoms with van der Waals surface area (Å²) in [6.07, 6.45) is 1.68. The van der Waals surface area contributed by atoms with E-state index in [1.807, 2.05) is 42.5 Å². The molecule has 0 aliphatic carbocycles. The lowest BCUT2D eigenvalue weighted by atomic mass is 9.98. The molecule has 1 N–H and O–H groups in total. The van der Waals surface area contributed by atoms with E-state index >= 15 is 0 Å². The van der Waals surface area contributed by atoms with Gasteiger partial charge in [0.1, 0.15) is 0 Å². The van der Waals surface area contributed by atoms with Gasteiger partial charge in [0.2, 0.25) is 0 Å². The van der Waals surface area contributed by atoms with Crippen LogP contribution in [0.3, 0.4) is 0 Å². The van der Waals surface area contributed by atoms with E-state index in [4.69, 9.17) is 11.6 Å². The van der Waals surface area contributed by atoms with E-state index in [0.717, 1.165) is 29.8 Å². The molecule has 0 bridgehead atoms. The Morgan fingerprint density at radius 3 is 2.50 bits per heavy atom. The van der Waals surface area contributed by atoms with Gasteiger partial charge in [-0.1, -0.05) is 35.9 Å². The van der Waals surface area contributed by atoms with Crippen LogP contribution in [0.25, 0.3) is 0 Å². The van der Waals surface area contributed by atoms with Crippen LogP contribution in [-0.4, -0.2) is 18.4 Å². The molecule has 1 heterocycles. The number of nitrogens with one attached hydrogen (secondary N) is 1. The van der Waals surface area contributed by atoms with Crippen LogP contribution in [-0.2, 0) is 6.42 Å². The standard InChI is InChI=1S/C23H19ClN2O2/c24-19-8-4-6-18(15-19)23(28)26-13-5-7-16-14-17(11-12-21(16)26)22(27)25-20-9-2-1-3-10-20/h1-4,6,8-12,14-15H,5,7,13H2,(H,25,27). The van der Waals surface area contributed by atoms with E-state index < -0.39 is 0 Å². The van der Waals surface area contributed by atoms with Crippen molar-refractivity contribution in [2.45, 2.75) is 12.8 Å². The normalized spacial score (nSPS) is 13.0. The molecule has 0 unspecified atom stereocenters. The molecule has 1 aliphatic rings. The zero-order chi connectivity index (χ0) is 19.5. The molecule has 0 atom stereocenters. The minimum atomic E-state index is -0.160. The summed E-state index contributed by atoms with van der Waals surface area (Å²) >= 11 is 6.04. The van der Waals surface area contributed by atoms with E-state index in [0.29, 0.717) is 22.7 Å². The maximum atomic E-state index is 13.0. The van der Waals surface area contributed by atoms with Gasteiger partial charge in [-0.05, 0) is 66.9 Å². The van der Waals surface area contributed by atoms with E-state index in [1.165, 1.54) is 0 Å². The second-order valence-corrected chi connectivity index (χ2v) is 7.17. The first-order chi connectivity index (χ1) is 13.6. The summed E-state index contributed by atoms with van der Waals surface area (Å²) < 4.78 is 0. The molecule has 4 rings (SSSR count). The van der Waals surface area contributed by atoms with Crippen LogP contribution in [0.2, 0.25) is 5.02 Å². The number of anilines is 2. The molecule has 0 saturated carbocycles. The number of amides is 2. The number of nitrogens with zero attached hydrogens (tertiary/aromatic N) is 1. The average Bonchev–Trinajstić information content (AvgIpc) is 2.73. The number of rotatable bonds is 3. The van der Waals surface area contributed by atoms with Gasteiger partial charge in [0.15, 0.2) is 0 Å². The third kappa shape index (κ3) is 3.78. The predicted octanol–water partition coefficient (Wildman–Crippen LogP) is 5.19. The van der Waals surface area contributed by atoms with Crippen molar-refractivity contribution in [1.82, 2.24) is 0 Å². The average molecular weight is 391 g/mol. The summed E-state index contributed by atoms with van der Waals surface area (Å²) in [4.78, 5) is 27.3. The Balaban J connectivity index is 1.59. The maximum Gasteiger partial charge on any atom is 0.258 e. The summed E-state index contributed by atoms with van der Waals surface area (Å²) in [7, 11) is 0. The van der Waals surface area contributed by atoms with Crippen molar-refractivity contribution in [3.63, 3.8) is 0 Å². The predicted molar refractivity (Wildman–Crippen MR) is 112 cm³/mol. The molecule has 1 aliphatic heterocycles. The quantitative estimate of drug-likeness (QED) is 0.669. The number of benzene rings is 3. The highest BCUT2D eigenvalue weighted by molar-refractivity contribution is 6.31. The molecule has 4 nitrogen and oxygen atoms in total. The van der Waals surface area contributed by atoms with Gasteiger partial charge in [-0.3, -0.25) is 9.59 Å². The lowest BCUT2D eigenvalue weighted by Crippen LogP contribution is -2.35. The van der Waals surface area contributed by atoms with Gasteiger partial charge in [-0.25, -0.2) is 0 Å². The Morgan fingerprint density at radius 2 is 1.71 bits per heavy atom. The Hall–Kier alpha value is -3.11. The topological polar surface area (TPSA) is 49.4 Å². The van der Waals surface area contributed by atoms with Gasteiger partial charge in [0, 0.05) is 34.1 Å². The maximum absolute atomic E-state index is 13.0. The highest BCUT2D eigenvalue weighted by atomic mass is 35.5. The van der Waals surface area contributed by atoms with E-state index in [2.05, 4.69) is 5.32 Å². The van der Waals surface area contributed by atoms with Gasteiger partial charge in [-0.15, -0.1) is 0 Å². The molecular formula is C23H19ClN2O2. The first-order valence-corrected chi connectivity index (χ1v) is 9.56. The third-order valence-electron chi connectivity index (χ3n) is 4.81. The monoisotopic (exact) mass is 390 g/mol. The number of hydrogen-bond donors (Lipinski definition) is 1. The molecule has 2 amide bonds. The molecule has 0 fully saturated rings. The molecule has 28 heavy (non-hydrogen) atoms. The summed E-state index contributed by atoms with van der Waals surface area (Å²) in [6.45, 7) is 0.647. The highest BCUT2D eigenvalue weighted by Crippen LogP contribution is 2.30. The summed E-state index contributed by atoms with van der Waals surface area (Å²) in [5, 5.41) is 3.43. The van der Waals surface area contributed by atoms with Gasteiger partial charge >= 0.3 is 0 Å². The Kier molecular flexibility index (Phi) is 5.13. The number of aryl methyl sites for hydroxylation is 1. The lowest BCUT2D eigenvalue weighted by Gasteiger charge is -2.30. The Bertz CT molecular complexity index is 1030. The fraction of sp³-hybridized carbons (Fsp3) is 0.130. The van der Waals surface area contributed by atoms with Crippen molar-refractivity contribution in [2.24, 2.45) is 0 Å². The fourth-order valence-electron chi connectivity index (χ4n) is 3.45. The minimum Gasteiger partial charge on any atom is -0.322 e. The Morgan fingerprint density at radius 1 is 0.893 bits per heavy atom. The van der Waals surface area contributed by atoms with Gasteiger partial charge in [-0.2, -0.15) is 0 Å². The number of hydrogen-bond acceptors (Lipinski definition) is 2. The van der Waals surface area contributed by atoms with Crippen LogP contribution in [0, 0.1) is 0 Å². The van der Waals surface area contributed by atoms with Crippen LogP contribution in [0.15, 0.2) is 72.8 Å². The SMILES string of the molecule is O=C(Nc1ccccc1)c1ccc2c(c1)CCCN2C(=O)c1cccc(Cl)c1. The van der Waals surface area contributed by atoms with Crippen molar-refractivity contribution in [3.8, 4) is 0 Å². The number of carbonyl (C=O) groups is 2. The lowest BCUT2D eigenvalue weighted by molar-refractivity contribution is 0.0984. The summed E-state index contributed by atoms with van der Waals surface area (Å²) in [5.41, 5.74) is 3.75. The fourth-order valence-corrected chi connectivity index (χ4v) is 3.64. The first kappa shape index (κ1) is 18.3. The molecule has 3 aromatic rings. The minimum absolute atomic E-state index is 0.0788. The molecule has 5 heteroatoms. The second kappa shape index (κ2) is 7.87. The molecule has 0 saturated heterocycles. The molecular weight excluding hydrogens is 372 g/mol. The van der Waals surface area contributed by atoms with E-state index in [1.54, 1.807) is 35.2 Å². The smallest absolute Gasteiger partial charge is 0.258 e. The van der Waals surface area contributed by atoms with Gasteiger partial charge in [0.05, 0.1) is 0 Å². The Labute approximate surface area is 168 Å². The van der Waals surface area contributed by atoms with Crippen LogP contribution in [0.1, 0.15) is 32.7 Å². The zero-order valence-electron chi connectivity index (χ0n) is 15.2. The van der Waals surface area contributed by atoms with Crippen molar-refractivity contribution in [2.75, 3.05) is 16.8 Å². The molecule has 0 radical (unpaired) electrons. The van der Waals surface area contributed by atoms with E-state index in [9.17, 15) is 9.59 Å². The van der Waals surface area contributed by atoms with Crippen LogP contribution in [0.4, 0.5) is 11.4 Å². The second-order valence-electron chi connectivity index (χ2n) is 6.73. The molecule has 140 valence electrons. The third-order valence-corrected chi connectivity index (χ3v) is 5.04. The van der Waals surface area contributed by atoms with Crippen molar-refractivity contribution < 1.29 is 9.59 Å². The van der Waals surface area contributed by atoms with Crippen LogP contribution in [0.5, 0.6) is 0 Å².